The van der Waals surface area contributed by atoms with Crippen molar-refractivity contribution in [2.75, 3.05) is 5.73 Å². The predicted molar refractivity (Wildman–Crippen MR) is 75.3 cm³/mol. The Bertz CT molecular complexity index is 568. The maximum Gasteiger partial charge on any atom is 0.166 e. The second-order valence-electron chi connectivity index (χ2n) is 4.05. The molecule has 0 aliphatic rings. The normalized spacial score (nSPS) is 10.7. The first kappa shape index (κ1) is 13.7. The van der Waals surface area contributed by atoms with Crippen molar-refractivity contribution in [1.29, 1.82) is 0 Å². The summed E-state index contributed by atoms with van der Waals surface area (Å²) in [6, 6.07) is 3.56. The van der Waals surface area contributed by atoms with Gasteiger partial charge in [0.2, 0.25) is 0 Å². The summed E-state index contributed by atoms with van der Waals surface area (Å²) in [6.45, 7) is 5.12. The Morgan fingerprint density at radius 1 is 1.42 bits per heavy atom. The summed E-state index contributed by atoms with van der Waals surface area (Å²) in [5, 5.41) is 5.11. The third-order valence-electron chi connectivity index (χ3n) is 2.86. The van der Waals surface area contributed by atoms with Gasteiger partial charge in [0, 0.05) is 12.7 Å². The molecule has 2 aromatic heterocycles. The molecule has 6 heteroatoms. The molecular formula is C13H17ClN4O. The fourth-order valence-corrected chi connectivity index (χ4v) is 2.15. The summed E-state index contributed by atoms with van der Waals surface area (Å²) < 4.78 is 7.53. The molecule has 2 aromatic rings. The van der Waals surface area contributed by atoms with Crippen LogP contribution < -0.4 is 10.5 Å². The van der Waals surface area contributed by atoms with Gasteiger partial charge in [-0.15, -0.1) is 0 Å². The smallest absolute Gasteiger partial charge is 0.166 e. The summed E-state index contributed by atoms with van der Waals surface area (Å²) >= 11 is 6.30. The third-order valence-corrected chi connectivity index (χ3v) is 3.29. The van der Waals surface area contributed by atoms with Crippen molar-refractivity contribution in [1.82, 2.24) is 14.8 Å². The maximum atomic E-state index is 6.30. The number of hydrogen-bond acceptors (Lipinski definition) is 4. The SMILES string of the molecule is CCc1nn(CC)c(COc2cccnc2N)c1Cl. The van der Waals surface area contributed by atoms with E-state index in [0.29, 0.717) is 23.2 Å². The minimum Gasteiger partial charge on any atom is -0.483 e. The van der Waals surface area contributed by atoms with Crippen molar-refractivity contribution >= 4 is 17.4 Å². The zero-order valence-electron chi connectivity index (χ0n) is 11.1. The van der Waals surface area contributed by atoms with Crippen molar-refractivity contribution in [2.45, 2.75) is 33.4 Å². The topological polar surface area (TPSA) is 66.0 Å². The molecular weight excluding hydrogens is 264 g/mol. The van der Waals surface area contributed by atoms with Crippen LogP contribution in [0, 0.1) is 0 Å². The van der Waals surface area contributed by atoms with Gasteiger partial charge in [-0.1, -0.05) is 18.5 Å². The van der Waals surface area contributed by atoms with Gasteiger partial charge in [0.25, 0.3) is 0 Å². The Labute approximate surface area is 117 Å². The maximum absolute atomic E-state index is 6.30. The molecule has 0 radical (unpaired) electrons. The summed E-state index contributed by atoms with van der Waals surface area (Å²) in [5.74, 6) is 0.928. The highest BCUT2D eigenvalue weighted by atomic mass is 35.5. The Morgan fingerprint density at radius 3 is 2.84 bits per heavy atom. The van der Waals surface area contributed by atoms with Gasteiger partial charge in [-0.3, -0.25) is 4.68 Å². The lowest BCUT2D eigenvalue weighted by Gasteiger charge is -2.09. The summed E-state index contributed by atoms with van der Waals surface area (Å²) in [4.78, 5) is 3.98. The first-order valence-electron chi connectivity index (χ1n) is 6.24. The number of aryl methyl sites for hydroxylation is 2. The monoisotopic (exact) mass is 280 g/mol. The lowest BCUT2D eigenvalue weighted by molar-refractivity contribution is 0.293. The van der Waals surface area contributed by atoms with Crippen LogP contribution in [-0.4, -0.2) is 14.8 Å². The molecule has 0 unspecified atom stereocenters. The van der Waals surface area contributed by atoms with Crippen molar-refractivity contribution in [3.8, 4) is 5.75 Å². The Balaban J connectivity index is 2.20. The highest BCUT2D eigenvalue weighted by molar-refractivity contribution is 6.31. The van der Waals surface area contributed by atoms with Gasteiger partial charge in [-0.2, -0.15) is 5.10 Å². The number of pyridine rings is 1. The van der Waals surface area contributed by atoms with E-state index >= 15 is 0 Å². The third kappa shape index (κ3) is 2.81. The molecule has 19 heavy (non-hydrogen) atoms. The molecule has 2 N–H and O–H groups in total. The van der Waals surface area contributed by atoms with E-state index in [9.17, 15) is 0 Å². The second kappa shape index (κ2) is 5.93. The fraction of sp³-hybridized carbons (Fsp3) is 0.385. The first-order chi connectivity index (χ1) is 9.17. The molecule has 0 fully saturated rings. The standard InChI is InChI=1S/C13H17ClN4O/c1-3-9-12(14)10(18(4-2)17-9)8-19-11-6-5-7-16-13(11)15/h5-7H,3-4,8H2,1-2H3,(H2,15,16). The van der Waals surface area contributed by atoms with E-state index in [1.54, 1.807) is 18.3 Å². The van der Waals surface area contributed by atoms with Crippen molar-refractivity contribution in [3.05, 3.63) is 34.7 Å². The zero-order chi connectivity index (χ0) is 13.8. The molecule has 5 nitrogen and oxygen atoms in total. The number of halogens is 1. The van der Waals surface area contributed by atoms with Gasteiger partial charge in [0.15, 0.2) is 11.6 Å². The number of nitrogen functional groups attached to an aromatic ring is 1. The molecule has 2 heterocycles. The lowest BCUT2D eigenvalue weighted by Crippen LogP contribution is -2.07. The number of nitrogens with two attached hydrogens (primary N) is 1. The average molecular weight is 281 g/mol. The van der Waals surface area contributed by atoms with Crippen LogP contribution in [-0.2, 0) is 19.6 Å². The number of ether oxygens (including phenoxy) is 1. The van der Waals surface area contributed by atoms with Gasteiger partial charge in [0.05, 0.1) is 16.4 Å². The molecule has 0 aromatic carbocycles. The van der Waals surface area contributed by atoms with Crippen LogP contribution in [0.3, 0.4) is 0 Å². The van der Waals surface area contributed by atoms with E-state index in [4.69, 9.17) is 22.1 Å². The van der Waals surface area contributed by atoms with E-state index in [0.717, 1.165) is 24.4 Å². The van der Waals surface area contributed by atoms with Crippen LogP contribution in [0.15, 0.2) is 18.3 Å². The van der Waals surface area contributed by atoms with Crippen LogP contribution in [0.2, 0.25) is 5.02 Å². The van der Waals surface area contributed by atoms with Crippen LogP contribution >= 0.6 is 11.6 Å². The van der Waals surface area contributed by atoms with Crippen molar-refractivity contribution in [2.24, 2.45) is 0 Å². The van der Waals surface area contributed by atoms with Gasteiger partial charge >= 0.3 is 0 Å². The van der Waals surface area contributed by atoms with Crippen molar-refractivity contribution in [3.63, 3.8) is 0 Å². The molecule has 0 aliphatic carbocycles. The minimum atomic E-state index is 0.329. The van der Waals surface area contributed by atoms with Gasteiger partial charge in [0.1, 0.15) is 6.61 Å². The molecule has 0 amide bonds. The Hall–Kier alpha value is -1.75. The van der Waals surface area contributed by atoms with Crippen LogP contribution in [0.5, 0.6) is 5.75 Å². The number of aromatic nitrogens is 3. The highest BCUT2D eigenvalue weighted by Gasteiger charge is 2.15. The second-order valence-corrected chi connectivity index (χ2v) is 4.43. The van der Waals surface area contributed by atoms with Crippen LogP contribution in [0.25, 0.3) is 0 Å². The quantitative estimate of drug-likeness (QED) is 0.914. The molecule has 0 atom stereocenters. The highest BCUT2D eigenvalue weighted by Crippen LogP contribution is 2.24. The number of nitrogens with zero attached hydrogens (tertiary/aromatic N) is 3. The van der Waals surface area contributed by atoms with E-state index in [-0.39, 0.29) is 0 Å². The lowest BCUT2D eigenvalue weighted by atomic mass is 10.3. The molecule has 2 rings (SSSR count). The number of hydrogen-bond donors (Lipinski definition) is 1. The average Bonchev–Trinajstić information content (AvgIpc) is 2.74. The molecule has 0 spiro atoms. The number of anilines is 1. The molecule has 0 saturated heterocycles. The van der Waals surface area contributed by atoms with E-state index in [1.807, 2.05) is 18.5 Å². The molecule has 0 saturated carbocycles. The van der Waals surface area contributed by atoms with E-state index in [2.05, 4.69) is 10.1 Å². The van der Waals surface area contributed by atoms with Gasteiger partial charge in [-0.05, 0) is 25.5 Å². The molecule has 102 valence electrons. The summed E-state index contributed by atoms with van der Waals surface area (Å²) in [5.41, 5.74) is 7.49. The Kier molecular flexibility index (Phi) is 4.27. The number of rotatable bonds is 5. The fourth-order valence-electron chi connectivity index (χ4n) is 1.83. The summed E-state index contributed by atoms with van der Waals surface area (Å²) in [7, 11) is 0. The largest absolute Gasteiger partial charge is 0.483 e. The van der Waals surface area contributed by atoms with E-state index in [1.165, 1.54) is 0 Å². The molecule has 0 aliphatic heterocycles. The predicted octanol–water partition coefficient (Wildman–Crippen LogP) is 2.67. The first-order valence-corrected chi connectivity index (χ1v) is 6.62. The zero-order valence-corrected chi connectivity index (χ0v) is 11.8. The van der Waals surface area contributed by atoms with Crippen LogP contribution in [0.1, 0.15) is 25.2 Å². The van der Waals surface area contributed by atoms with Crippen LogP contribution in [0.4, 0.5) is 5.82 Å². The van der Waals surface area contributed by atoms with E-state index < -0.39 is 0 Å². The molecule has 0 bridgehead atoms. The minimum absolute atomic E-state index is 0.329. The summed E-state index contributed by atoms with van der Waals surface area (Å²) in [6.07, 6.45) is 2.43. The Morgan fingerprint density at radius 2 is 2.21 bits per heavy atom. The van der Waals surface area contributed by atoms with Crippen molar-refractivity contribution < 1.29 is 4.74 Å². The van der Waals surface area contributed by atoms with Gasteiger partial charge < -0.3 is 10.5 Å². The van der Waals surface area contributed by atoms with Gasteiger partial charge in [-0.25, -0.2) is 4.98 Å².